The van der Waals surface area contributed by atoms with E-state index in [0.717, 1.165) is 56.7 Å². The monoisotopic (exact) mass is 448 g/mol. The first-order valence-electron chi connectivity index (χ1n) is 10.6. The average molecular weight is 449 g/mol. The van der Waals surface area contributed by atoms with Crippen molar-refractivity contribution in [2.45, 2.75) is 44.4 Å². The molecule has 0 heterocycles. The minimum absolute atomic E-state index is 0.0541. The summed E-state index contributed by atoms with van der Waals surface area (Å²) in [6, 6.07) is 5.51. The van der Waals surface area contributed by atoms with Gasteiger partial charge in [-0.25, -0.2) is 18.0 Å². The predicted molar refractivity (Wildman–Crippen MR) is 114 cm³/mol. The van der Waals surface area contributed by atoms with E-state index in [0.29, 0.717) is 17.8 Å². The van der Waals surface area contributed by atoms with Crippen LogP contribution in [0.1, 0.15) is 60.4 Å². The molecular formula is C25H24ClF3O2. The summed E-state index contributed by atoms with van der Waals surface area (Å²) in [5.74, 6) is -1.87. The summed E-state index contributed by atoms with van der Waals surface area (Å²) in [5.41, 5.74) is -0.201. The van der Waals surface area contributed by atoms with Gasteiger partial charge in [-0.3, -0.25) is 0 Å². The van der Waals surface area contributed by atoms with Gasteiger partial charge in [0.1, 0.15) is 23.2 Å². The first kappa shape index (κ1) is 21.9. The molecule has 0 aliphatic heterocycles. The highest BCUT2D eigenvalue weighted by Crippen LogP contribution is 2.48. The van der Waals surface area contributed by atoms with E-state index in [9.17, 15) is 18.0 Å². The van der Waals surface area contributed by atoms with Crippen molar-refractivity contribution in [2.24, 2.45) is 17.8 Å². The highest BCUT2D eigenvalue weighted by Gasteiger charge is 2.37. The zero-order chi connectivity index (χ0) is 22.1. The van der Waals surface area contributed by atoms with Crippen molar-refractivity contribution >= 4 is 17.6 Å². The van der Waals surface area contributed by atoms with Crippen molar-refractivity contribution in [2.75, 3.05) is 0 Å². The summed E-state index contributed by atoms with van der Waals surface area (Å²) < 4.78 is 48.4. The number of ether oxygens (including phenoxy) is 1. The van der Waals surface area contributed by atoms with Crippen LogP contribution in [0.2, 0.25) is 5.02 Å². The Morgan fingerprint density at radius 1 is 0.968 bits per heavy atom. The van der Waals surface area contributed by atoms with Crippen LogP contribution < -0.4 is 4.74 Å². The van der Waals surface area contributed by atoms with Crippen LogP contribution in [0.25, 0.3) is 0 Å². The Balaban J connectivity index is 1.49. The van der Waals surface area contributed by atoms with Gasteiger partial charge in [0.25, 0.3) is 0 Å². The van der Waals surface area contributed by atoms with Crippen LogP contribution in [0.3, 0.4) is 0 Å². The molecule has 0 spiro atoms. The summed E-state index contributed by atoms with van der Waals surface area (Å²) in [7, 11) is 0. The molecule has 4 rings (SSSR count). The van der Waals surface area contributed by atoms with Crippen LogP contribution in [-0.2, 0) is 0 Å². The number of allylic oxidation sites excluding steroid dienone is 1. The van der Waals surface area contributed by atoms with Gasteiger partial charge in [-0.05, 0) is 86.5 Å². The number of halogens is 4. The first-order valence-corrected chi connectivity index (χ1v) is 11.0. The van der Waals surface area contributed by atoms with Crippen LogP contribution >= 0.6 is 11.6 Å². The number of esters is 1. The molecule has 4 unspecified atom stereocenters. The smallest absolute Gasteiger partial charge is 0.343 e. The number of carbonyl (C=O) groups excluding carboxylic acids is 1. The molecule has 0 radical (unpaired) electrons. The van der Waals surface area contributed by atoms with Gasteiger partial charge in [-0.15, -0.1) is 6.58 Å². The Hall–Kier alpha value is -2.27. The topological polar surface area (TPSA) is 26.3 Å². The van der Waals surface area contributed by atoms with Gasteiger partial charge in [0.15, 0.2) is 0 Å². The maximum Gasteiger partial charge on any atom is 0.343 e. The molecule has 2 aromatic carbocycles. The maximum atomic E-state index is 14.9. The largest absolute Gasteiger partial charge is 0.423 e. The Bertz CT molecular complexity index is 983. The number of rotatable bonds is 4. The minimum atomic E-state index is -0.961. The number of benzene rings is 2. The van der Waals surface area contributed by atoms with E-state index in [-0.39, 0.29) is 27.8 Å². The maximum absolute atomic E-state index is 14.9. The summed E-state index contributed by atoms with van der Waals surface area (Å²) in [4.78, 5) is 12.3. The van der Waals surface area contributed by atoms with Crippen LogP contribution in [0.15, 0.2) is 43.0 Å². The molecule has 2 nitrogen and oxygen atoms in total. The van der Waals surface area contributed by atoms with Crippen LogP contribution in [0.5, 0.6) is 5.75 Å². The van der Waals surface area contributed by atoms with Crippen molar-refractivity contribution in [3.63, 3.8) is 0 Å². The molecule has 2 saturated carbocycles. The Morgan fingerprint density at radius 2 is 1.65 bits per heavy atom. The Labute approximate surface area is 185 Å². The van der Waals surface area contributed by atoms with Crippen LogP contribution in [0, 0.1) is 35.2 Å². The van der Waals surface area contributed by atoms with Gasteiger partial charge in [0.2, 0.25) is 0 Å². The van der Waals surface area contributed by atoms with Crippen molar-refractivity contribution in [1.82, 2.24) is 0 Å². The fourth-order valence-corrected chi connectivity index (χ4v) is 5.32. The fraction of sp³-hybridized carbons (Fsp3) is 0.400. The molecule has 0 bridgehead atoms. The van der Waals surface area contributed by atoms with E-state index in [2.05, 4.69) is 6.58 Å². The van der Waals surface area contributed by atoms with E-state index >= 15 is 0 Å². The molecule has 31 heavy (non-hydrogen) atoms. The Kier molecular flexibility index (Phi) is 6.42. The van der Waals surface area contributed by atoms with Crippen LogP contribution in [0.4, 0.5) is 13.2 Å². The molecule has 0 aromatic heterocycles. The lowest BCUT2D eigenvalue weighted by atomic mass is 9.64. The van der Waals surface area contributed by atoms with Crippen molar-refractivity contribution < 1.29 is 22.7 Å². The third kappa shape index (κ3) is 4.67. The molecule has 0 amide bonds. The number of hydrogen-bond acceptors (Lipinski definition) is 2. The van der Waals surface area contributed by atoms with Crippen LogP contribution in [-0.4, -0.2) is 5.97 Å². The number of hydrogen-bond donors (Lipinski definition) is 0. The third-order valence-corrected chi connectivity index (χ3v) is 7.12. The lowest BCUT2D eigenvalue weighted by molar-refractivity contribution is 0.0733. The molecule has 0 saturated heterocycles. The molecule has 2 fully saturated rings. The molecule has 2 aromatic rings. The summed E-state index contributed by atoms with van der Waals surface area (Å²) in [6.07, 6.45) is 7.72. The molecule has 6 heteroatoms. The highest BCUT2D eigenvalue weighted by atomic mass is 35.5. The molecule has 2 aliphatic carbocycles. The van der Waals surface area contributed by atoms with Gasteiger partial charge in [0.05, 0.1) is 10.6 Å². The van der Waals surface area contributed by atoms with Gasteiger partial charge in [-0.2, -0.15) is 0 Å². The lowest BCUT2D eigenvalue weighted by Crippen LogP contribution is -2.30. The third-order valence-electron chi connectivity index (χ3n) is 6.81. The van der Waals surface area contributed by atoms with Crippen molar-refractivity contribution in [3.8, 4) is 5.75 Å². The van der Waals surface area contributed by atoms with Gasteiger partial charge >= 0.3 is 5.97 Å². The quantitative estimate of drug-likeness (QED) is 0.275. The van der Waals surface area contributed by atoms with Crippen molar-refractivity contribution in [1.29, 1.82) is 0 Å². The Morgan fingerprint density at radius 3 is 2.32 bits per heavy atom. The average Bonchev–Trinajstić information content (AvgIpc) is 2.75. The summed E-state index contributed by atoms with van der Waals surface area (Å²) in [6.45, 7) is 3.90. The second-order valence-corrected chi connectivity index (χ2v) is 9.07. The molecule has 4 atom stereocenters. The lowest BCUT2D eigenvalue weighted by Gasteiger charge is -2.41. The predicted octanol–water partition coefficient (Wildman–Crippen LogP) is 7.46. The SMILES string of the molecule is C=CC1CCC2CC(c3c(F)cc(C(=O)Oc4ccc(Cl)c(F)c4)cc3F)CCC2C1. The molecule has 2 aliphatic rings. The van der Waals surface area contributed by atoms with E-state index in [1.54, 1.807) is 0 Å². The second-order valence-electron chi connectivity index (χ2n) is 8.66. The van der Waals surface area contributed by atoms with Gasteiger partial charge in [-0.1, -0.05) is 17.7 Å². The van der Waals surface area contributed by atoms with Gasteiger partial charge in [0, 0.05) is 11.6 Å². The minimum Gasteiger partial charge on any atom is -0.423 e. The summed E-state index contributed by atoms with van der Waals surface area (Å²) >= 11 is 5.61. The van der Waals surface area contributed by atoms with E-state index in [1.165, 1.54) is 12.1 Å². The number of fused-ring (bicyclic) bond motifs is 1. The van der Waals surface area contributed by atoms with Crippen molar-refractivity contribution in [3.05, 3.63) is 76.6 Å². The van der Waals surface area contributed by atoms with Gasteiger partial charge < -0.3 is 4.74 Å². The molecule has 0 N–H and O–H groups in total. The second kappa shape index (κ2) is 9.07. The van der Waals surface area contributed by atoms with E-state index < -0.39 is 23.4 Å². The molecular weight excluding hydrogens is 425 g/mol. The molecule has 164 valence electrons. The zero-order valence-corrected chi connectivity index (χ0v) is 17.8. The fourth-order valence-electron chi connectivity index (χ4n) is 5.20. The first-order chi connectivity index (χ1) is 14.9. The zero-order valence-electron chi connectivity index (χ0n) is 17.1. The van der Waals surface area contributed by atoms with E-state index in [4.69, 9.17) is 16.3 Å². The summed E-state index contributed by atoms with van der Waals surface area (Å²) in [5, 5.41) is -0.117. The number of carbonyl (C=O) groups is 1. The highest BCUT2D eigenvalue weighted by molar-refractivity contribution is 6.30. The standard InChI is InChI=1S/C25H24ClF3O2/c1-2-14-3-4-16-10-17(6-5-15(16)9-14)24-22(28)11-18(12-23(24)29)25(30)31-19-7-8-20(26)21(27)13-19/h2,7-8,11-17H,1,3-6,9-10H2. The normalized spacial score (nSPS) is 25.5. The van der Waals surface area contributed by atoms with E-state index in [1.807, 2.05) is 6.08 Å².